The number of carbonyl (C=O) groups excluding carboxylic acids is 1. The molecule has 8 nitrogen and oxygen atoms in total. The first kappa shape index (κ1) is 15.1. The molecule has 0 aromatic carbocycles. The molecule has 4 heterocycles. The van der Waals surface area contributed by atoms with Crippen molar-refractivity contribution in [3.63, 3.8) is 0 Å². The molecule has 0 radical (unpaired) electrons. The van der Waals surface area contributed by atoms with Crippen molar-refractivity contribution in [1.82, 2.24) is 24.6 Å². The van der Waals surface area contributed by atoms with Crippen molar-refractivity contribution in [2.45, 2.75) is 31.1 Å². The molecule has 0 aliphatic carbocycles. The second-order valence-electron chi connectivity index (χ2n) is 6.09. The van der Waals surface area contributed by atoms with E-state index in [1.54, 1.807) is 24.3 Å². The van der Waals surface area contributed by atoms with Gasteiger partial charge in [-0.3, -0.25) is 14.5 Å². The van der Waals surface area contributed by atoms with Crippen LogP contribution in [0.2, 0.25) is 0 Å². The number of fused-ring (bicyclic) bond motifs is 1. The number of hydrogen-bond acceptors (Lipinski definition) is 6. The predicted octanol–water partition coefficient (Wildman–Crippen LogP) is 0.661. The van der Waals surface area contributed by atoms with Gasteiger partial charge in [-0.15, -0.1) is 5.10 Å². The van der Waals surface area contributed by atoms with Crippen LogP contribution in [0.4, 0.5) is 0 Å². The molecule has 126 valence electrons. The number of nitrogens with zero attached hydrogens (tertiary/aromatic N) is 5. The highest BCUT2D eigenvalue weighted by Crippen LogP contribution is 2.32. The molecule has 0 unspecified atom stereocenters. The van der Waals surface area contributed by atoms with Gasteiger partial charge < -0.3 is 14.4 Å². The number of aryl methyl sites for hydroxylation is 1. The van der Waals surface area contributed by atoms with Crippen LogP contribution < -0.4 is 4.74 Å². The van der Waals surface area contributed by atoms with Gasteiger partial charge >= 0.3 is 0 Å². The van der Waals surface area contributed by atoms with Gasteiger partial charge in [0.1, 0.15) is 24.3 Å². The second-order valence-corrected chi connectivity index (χ2v) is 6.09. The Morgan fingerprint density at radius 2 is 2.38 bits per heavy atom. The number of ether oxygens (including phenoxy) is 2. The van der Waals surface area contributed by atoms with E-state index < -0.39 is 0 Å². The van der Waals surface area contributed by atoms with E-state index in [1.165, 1.54) is 11.0 Å². The summed E-state index contributed by atoms with van der Waals surface area (Å²) in [6.45, 7) is 1.15. The second kappa shape index (κ2) is 6.20. The number of aromatic nitrogens is 4. The molecule has 8 heteroatoms. The third-order valence-electron chi connectivity index (χ3n) is 4.45. The lowest BCUT2D eigenvalue weighted by Crippen LogP contribution is -2.44. The van der Waals surface area contributed by atoms with Gasteiger partial charge in [0.05, 0.1) is 18.8 Å². The number of hydrogen-bond donors (Lipinski definition) is 0. The summed E-state index contributed by atoms with van der Waals surface area (Å²) in [5.74, 6) is 0.720. The summed E-state index contributed by atoms with van der Waals surface area (Å²) in [7, 11) is 1.74. The Bertz CT molecular complexity index is 720. The maximum Gasteiger partial charge on any atom is 0.293 e. The van der Waals surface area contributed by atoms with Crippen molar-refractivity contribution in [2.75, 3.05) is 13.2 Å². The highest BCUT2D eigenvalue weighted by atomic mass is 16.5. The first-order valence-corrected chi connectivity index (χ1v) is 8.07. The Kier molecular flexibility index (Phi) is 3.89. The van der Waals surface area contributed by atoms with Crippen molar-refractivity contribution in [3.8, 4) is 5.75 Å². The number of rotatable bonds is 3. The fraction of sp³-hybridized carbons (Fsp3) is 0.500. The molecule has 0 bridgehead atoms. The van der Waals surface area contributed by atoms with E-state index in [0.29, 0.717) is 18.9 Å². The summed E-state index contributed by atoms with van der Waals surface area (Å²) in [5, 5.41) is 4.12. The zero-order chi connectivity index (χ0) is 16.5. The van der Waals surface area contributed by atoms with E-state index in [-0.39, 0.29) is 30.0 Å². The Balaban J connectivity index is 1.56. The molecule has 0 N–H and O–H groups in total. The van der Waals surface area contributed by atoms with Gasteiger partial charge in [-0.25, -0.2) is 4.98 Å². The molecule has 3 atom stereocenters. The summed E-state index contributed by atoms with van der Waals surface area (Å²) < 4.78 is 13.5. The van der Waals surface area contributed by atoms with Crippen LogP contribution in [0.3, 0.4) is 0 Å². The van der Waals surface area contributed by atoms with Crippen LogP contribution in [0.25, 0.3) is 0 Å². The zero-order valence-corrected chi connectivity index (χ0v) is 13.4. The van der Waals surface area contributed by atoms with Gasteiger partial charge in [0, 0.05) is 19.9 Å². The fourth-order valence-corrected chi connectivity index (χ4v) is 3.40. The number of likely N-dealkylation sites (tertiary alicyclic amines) is 1. The van der Waals surface area contributed by atoms with E-state index in [2.05, 4.69) is 15.1 Å². The first-order chi connectivity index (χ1) is 11.7. The maximum absolute atomic E-state index is 12.8. The molecule has 4 rings (SSSR count). The van der Waals surface area contributed by atoms with Gasteiger partial charge in [-0.1, -0.05) is 0 Å². The lowest BCUT2D eigenvalue weighted by molar-refractivity contribution is -0.0448. The largest absolute Gasteiger partial charge is 0.484 e. The monoisotopic (exact) mass is 329 g/mol. The molecular weight excluding hydrogens is 310 g/mol. The van der Waals surface area contributed by atoms with Gasteiger partial charge in [-0.2, -0.15) is 0 Å². The molecule has 0 saturated carbocycles. The summed E-state index contributed by atoms with van der Waals surface area (Å²) >= 11 is 0. The molecule has 0 spiro atoms. The summed E-state index contributed by atoms with van der Waals surface area (Å²) in [6.07, 6.45) is 6.38. The van der Waals surface area contributed by atoms with Crippen LogP contribution in [-0.4, -0.2) is 62.0 Å². The average molecular weight is 329 g/mol. The first-order valence-electron chi connectivity index (χ1n) is 8.07. The van der Waals surface area contributed by atoms with E-state index in [0.717, 1.165) is 12.8 Å². The van der Waals surface area contributed by atoms with E-state index in [4.69, 9.17) is 9.47 Å². The van der Waals surface area contributed by atoms with E-state index in [1.807, 2.05) is 12.1 Å². The minimum atomic E-state index is -0.216. The molecule has 2 saturated heterocycles. The quantitative estimate of drug-likeness (QED) is 0.823. The van der Waals surface area contributed by atoms with Crippen molar-refractivity contribution in [1.29, 1.82) is 0 Å². The summed E-state index contributed by atoms with van der Waals surface area (Å²) in [4.78, 5) is 22.7. The lowest BCUT2D eigenvalue weighted by atomic mass is 10.0. The van der Waals surface area contributed by atoms with Crippen LogP contribution in [0.5, 0.6) is 5.75 Å². The van der Waals surface area contributed by atoms with Crippen LogP contribution in [0, 0.1) is 0 Å². The molecule has 2 fully saturated rings. The lowest BCUT2D eigenvalue weighted by Gasteiger charge is -2.31. The molecule has 2 aliphatic heterocycles. The normalized spacial score (nSPS) is 26.2. The molecule has 2 aliphatic rings. The summed E-state index contributed by atoms with van der Waals surface area (Å²) in [5.41, 5.74) is 0. The molecule has 24 heavy (non-hydrogen) atoms. The molecule has 2 aromatic rings. The minimum absolute atomic E-state index is 0.00303. The number of amides is 1. The minimum Gasteiger partial charge on any atom is -0.484 e. The average Bonchev–Trinajstić information content (AvgIpc) is 3.20. The van der Waals surface area contributed by atoms with Crippen LogP contribution >= 0.6 is 0 Å². The standard InChI is InChI=1S/C16H19N5O3/c1-20-10-18-15(19-20)16(22)21-9-13(14-12(21)5-3-7-23-14)24-11-4-2-6-17-8-11/h2,4,6,8,10,12-14H,3,5,7,9H2,1H3/t12-,13+,14+/m1/s1. The highest BCUT2D eigenvalue weighted by molar-refractivity contribution is 5.91. The van der Waals surface area contributed by atoms with Crippen molar-refractivity contribution in [3.05, 3.63) is 36.7 Å². The fourth-order valence-electron chi connectivity index (χ4n) is 3.40. The Labute approximate surface area is 139 Å². The highest BCUT2D eigenvalue weighted by Gasteiger charge is 2.48. The van der Waals surface area contributed by atoms with Crippen LogP contribution in [-0.2, 0) is 11.8 Å². The van der Waals surface area contributed by atoms with Crippen molar-refractivity contribution >= 4 is 5.91 Å². The van der Waals surface area contributed by atoms with E-state index >= 15 is 0 Å². The zero-order valence-electron chi connectivity index (χ0n) is 13.4. The van der Waals surface area contributed by atoms with Gasteiger partial charge in [0.25, 0.3) is 5.91 Å². The molecular formula is C16H19N5O3. The van der Waals surface area contributed by atoms with Crippen molar-refractivity contribution in [2.24, 2.45) is 7.05 Å². The Morgan fingerprint density at radius 1 is 1.46 bits per heavy atom. The van der Waals surface area contributed by atoms with Gasteiger partial charge in [0.15, 0.2) is 0 Å². The third-order valence-corrected chi connectivity index (χ3v) is 4.45. The number of pyridine rings is 1. The smallest absolute Gasteiger partial charge is 0.293 e. The van der Waals surface area contributed by atoms with Crippen molar-refractivity contribution < 1.29 is 14.3 Å². The van der Waals surface area contributed by atoms with E-state index in [9.17, 15) is 4.79 Å². The topological polar surface area (TPSA) is 82.4 Å². The maximum atomic E-state index is 12.8. The van der Waals surface area contributed by atoms with Crippen LogP contribution in [0.1, 0.15) is 23.5 Å². The number of carbonyl (C=O) groups is 1. The van der Waals surface area contributed by atoms with Gasteiger partial charge in [-0.05, 0) is 25.0 Å². The van der Waals surface area contributed by atoms with Gasteiger partial charge in [0.2, 0.25) is 5.82 Å². The Morgan fingerprint density at radius 3 is 3.12 bits per heavy atom. The molecule has 2 aromatic heterocycles. The summed E-state index contributed by atoms with van der Waals surface area (Å²) in [6, 6.07) is 3.68. The third kappa shape index (κ3) is 2.73. The predicted molar refractivity (Wildman–Crippen MR) is 83.5 cm³/mol. The van der Waals surface area contributed by atoms with Crippen LogP contribution in [0.15, 0.2) is 30.9 Å². The SMILES string of the molecule is Cn1cnc(C(=O)N2C[C@H](Oc3cccnc3)[C@H]3OCCC[C@H]32)n1. The Hall–Kier alpha value is -2.48. The molecule has 1 amide bonds.